The Hall–Kier alpha value is -2.02. The van der Waals surface area contributed by atoms with Gasteiger partial charge in [0.2, 0.25) is 0 Å². The van der Waals surface area contributed by atoms with Crippen LogP contribution in [0.1, 0.15) is 20.9 Å². The molecule has 0 unspecified atom stereocenters. The summed E-state index contributed by atoms with van der Waals surface area (Å²) in [7, 11) is 0. The lowest BCUT2D eigenvalue weighted by molar-refractivity contribution is 0.102. The number of nitrogens with one attached hydrogen (secondary N) is 1. The topological polar surface area (TPSA) is 68.0 Å². The molecule has 0 radical (unpaired) electrons. The molecule has 0 bridgehead atoms. The summed E-state index contributed by atoms with van der Waals surface area (Å²) in [4.78, 5) is 16.1. The number of hydrogen-bond donors (Lipinski definition) is 2. The number of anilines is 2. The van der Waals surface area contributed by atoms with Crippen LogP contribution in [0.25, 0.3) is 0 Å². The summed E-state index contributed by atoms with van der Waals surface area (Å²) < 4.78 is 26.9. The Labute approximate surface area is 112 Å². The number of benzene rings is 1. The second-order valence-electron chi connectivity index (χ2n) is 4.00. The van der Waals surface area contributed by atoms with Gasteiger partial charge >= 0.3 is 0 Å². The number of nitrogens with zero attached hydrogens (tertiary/aromatic N) is 1. The zero-order valence-electron chi connectivity index (χ0n) is 10.3. The third kappa shape index (κ3) is 2.70. The maximum absolute atomic E-state index is 13.6. The van der Waals surface area contributed by atoms with Gasteiger partial charge in [0, 0.05) is 6.07 Å². The average molecular weight is 283 g/mol. The number of carbonyl (C=O) groups excluding carboxylic acids is 1. The van der Waals surface area contributed by atoms with Crippen molar-refractivity contribution in [2.75, 3.05) is 11.1 Å². The standard InChI is InChI=1S/C12H11F2N3OS/c1-5-3-8(14)9(4-7(5)13)17-11(18)10-6(2)16-12(15)19-10/h3-4H,1-2H3,(H2,15,16)(H,17,18). The van der Waals surface area contributed by atoms with Gasteiger partial charge in [0.25, 0.3) is 5.91 Å². The molecule has 100 valence electrons. The summed E-state index contributed by atoms with van der Waals surface area (Å²) in [5, 5.41) is 2.56. The molecule has 1 aromatic heterocycles. The third-order valence-corrected chi connectivity index (χ3v) is 3.50. The molecule has 3 N–H and O–H groups in total. The van der Waals surface area contributed by atoms with Gasteiger partial charge in [0.15, 0.2) is 5.13 Å². The smallest absolute Gasteiger partial charge is 0.267 e. The molecule has 1 heterocycles. The van der Waals surface area contributed by atoms with E-state index in [4.69, 9.17) is 5.73 Å². The molecule has 0 fully saturated rings. The highest BCUT2D eigenvalue weighted by molar-refractivity contribution is 7.17. The molecular formula is C12H11F2N3OS. The van der Waals surface area contributed by atoms with E-state index in [0.717, 1.165) is 23.5 Å². The van der Waals surface area contributed by atoms with E-state index in [1.54, 1.807) is 6.92 Å². The van der Waals surface area contributed by atoms with Crippen LogP contribution in [0.2, 0.25) is 0 Å². The fraction of sp³-hybridized carbons (Fsp3) is 0.167. The van der Waals surface area contributed by atoms with Crippen molar-refractivity contribution in [2.24, 2.45) is 0 Å². The molecule has 1 amide bonds. The zero-order valence-corrected chi connectivity index (χ0v) is 11.1. The first kappa shape index (κ1) is 13.4. The number of hydrogen-bond acceptors (Lipinski definition) is 4. The lowest BCUT2D eigenvalue weighted by Crippen LogP contribution is -2.13. The molecule has 0 spiro atoms. The summed E-state index contributed by atoms with van der Waals surface area (Å²) in [5.41, 5.74) is 5.90. The Morgan fingerprint density at radius 3 is 2.58 bits per heavy atom. The van der Waals surface area contributed by atoms with Crippen LogP contribution in [0.3, 0.4) is 0 Å². The van der Waals surface area contributed by atoms with E-state index < -0.39 is 17.5 Å². The van der Waals surface area contributed by atoms with Gasteiger partial charge in [-0.05, 0) is 25.5 Å². The number of aromatic nitrogens is 1. The van der Waals surface area contributed by atoms with Crippen molar-refractivity contribution < 1.29 is 13.6 Å². The number of halogens is 2. The predicted molar refractivity (Wildman–Crippen MR) is 70.3 cm³/mol. The summed E-state index contributed by atoms with van der Waals surface area (Å²) in [5.74, 6) is -1.84. The van der Waals surface area contributed by atoms with Gasteiger partial charge in [-0.25, -0.2) is 13.8 Å². The third-order valence-electron chi connectivity index (χ3n) is 2.52. The van der Waals surface area contributed by atoms with Crippen LogP contribution in [-0.4, -0.2) is 10.9 Å². The van der Waals surface area contributed by atoms with Gasteiger partial charge in [-0.15, -0.1) is 0 Å². The second-order valence-corrected chi connectivity index (χ2v) is 5.03. The number of aryl methyl sites for hydroxylation is 2. The molecular weight excluding hydrogens is 272 g/mol. The minimum atomic E-state index is -0.692. The van der Waals surface area contributed by atoms with Crippen LogP contribution in [-0.2, 0) is 0 Å². The van der Waals surface area contributed by atoms with E-state index >= 15 is 0 Å². The number of nitrogens with two attached hydrogens (primary N) is 1. The Balaban J connectivity index is 2.29. The SMILES string of the molecule is Cc1cc(F)c(NC(=O)c2sc(N)nc2C)cc1F. The molecule has 0 saturated heterocycles. The molecule has 4 nitrogen and oxygen atoms in total. The number of amides is 1. The molecule has 19 heavy (non-hydrogen) atoms. The summed E-state index contributed by atoms with van der Waals surface area (Å²) >= 11 is 0.993. The average Bonchev–Trinajstić information content (AvgIpc) is 2.65. The Kier molecular flexibility index (Phi) is 3.48. The monoisotopic (exact) mass is 283 g/mol. The second kappa shape index (κ2) is 4.93. The number of carbonyl (C=O) groups is 1. The molecule has 0 aliphatic rings. The molecule has 1 aromatic carbocycles. The van der Waals surface area contributed by atoms with Crippen molar-refractivity contribution in [1.82, 2.24) is 4.98 Å². The van der Waals surface area contributed by atoms with Crippen LogP contribution in [0.4, 0.5) is 19.6 Å². The molecule has 0 saturated carbocycles. The van der Waals surface area contributed by atoms with E-state index in [2.05, 4.69) is 10.3 Å². The molecule has 2 rings (SSSR count). The first-order valence-corrected chi connectivity index (χ1v) is 6.20. The van der Waals surface area contributed by atoms with Gasteiger partial charge in [0.05, 0.1) is 11.4 Å². The summed E-state index contributed by atoms with van der Waals surface area (Å²) in [6.07, 6.45) is 0. The van der Waals surface area contributed by atoms with E-state index in [-0.39, 0.29) is 21.3 Å². The Morgan fingerprint density at radius 2 is 2.00 bits per heavy atom. The van der Waals surface area contributed by atoms with E-state index in [0.29, 0.717) is 5.69 Å². The van der Waals surface area contributed by atoms with Crippen LogP contribution in [0.15, 0.2) is 12.1 Å². The van der Waals surface area contributed by atoms with Crippen molar-refractivity contribution in [3.05, 3.63) is 39.9 Å². The fourth-order valence-electron chi connectivity index (χ4n) is 1.55. The minimum Gasteiger partial charge on any atom is -0.375 e. The van der Waals surface area contributed by atoms with Crippen LogP contribution in [0.5, 0.6) is 0 Å². The molecule has 7 heteroatoms. The highest BCUT2D eigenvalue weighted by Gasteiger charge is 2.16. The first-order chi connectivity index (χ1) is 8.88. The maximum atomic E-state index is 13.6. The van der Waals surface area contributed by atoms with Crippen LogP contribution < -0.4 is 11.1 Å². The molecule has 0 atom stereocenters. The van der Waals surface area contributed by atoms with E-state index in [1.165, 1.54) is 6.92 Å². The summed E-state index contributed by atoms with van der Waals surface area (Å²) in [6.45, 7) is 3.06. The first-order valence-electron chi connectivity index (χ1n) is 5.38. The van der Waals surface area contributed by atoms with E-state index in [9.17, 15) is 13.6 Å². The summed E-state index contributed by atoms with van der Waals surface area (Å²) in [6, 6.07) is 1.97. The molecule has 0 aliphatic carbocycles. The molecule has 2 aromatic rings. The number of rotatable bonds is 2. The van der Waals surface area contributed by atoms with Gasteiger partial charge in [-0.1, -0.05) is 11.3 Å². The van der Waals surface area contributed by atoms with Crippen molar-refractivity contribution in [1.29, 1.82) is 0 Å². The van der Waals surface area contributed by atoms with Gasteiger partial charge in [-0.3, -0.25) is 4.79 Å². The van der Waals surface area contributed by atoms with Crippen molar-refractivity contribution in [3.8, 4) is 0 Å². The zero-order chi connectivity index (χ0) is 14.2. The van der Waals surface area contributed by atoms with Crippen LogP contribution >= 0.6 is 11.3 Å². The normalized spacial score (nSPS) is 10.5. The van der Waals surface area contributed by atoms with Gasteiger partial charge < -0.3 is 11.1 Å². The minimum absolute atomic E-state index is 0.175. The van der Waals surface area contributed by atoms with E-state index in [1.807, 2.05) is 0 Å². The number of nitrogen functional groups attached to an aromatic ring is 1. The van der Waals surface area contributed by atoms with Crippen molar-refractivity contribution in [3.63, 3.8) is 0 Å². The largest absolute Gasteiger partial charge is 0.375 e. The predicted octanol–water partition coefficient (Wildman–Crippen LogP) is 2.87. The van der Waals surface area contributed by atoms with Crippen molar-refractivity contribution in [2.45, 2.75) is 13.8 Å². The lowest BCUT2D eigenvalue weighted by atomic mass is 10.2. The fourth-order valence-corrected chi connectivity index (χ4v) is 2.28. The van der Waals surface area contributed by atoms with Crippen LogP contribution in [0, 0.1) is 25.5 Å². The highest BCUT2D eigenvalue weighted by Crippen LogP contribution is 2.23. The Bertz CT molecular complexity index is 655. The van der Waals surface area contributed by atoms with Gasteiger partial charge in [-0.2, -0.15) is 0 Å². The van der Waals surface area contributed by atoms with Crippen molar-refractivity contribution >= 4 is 28.1 Å². The highest BCUT2D eigenvalue weighted by atomic mass is 32.1. The maximum Gasteiger partial charge on any atom is 0.267 e. The number of thiazole rings is 1. The lowest BCUT2D eigenvalue weighted by Gasteiger charge is -2.07. The van der Waals surface area contributed by atoms with Gasteiger partial charge in [0.1, 0.15) is 16.5 Å². The quantitative estimate of drug-likeness (QED) is 0.890. The Morgan fingerprint density at radius 1 is 1.32 bits per heavy atom. The molecule has 0 aliphatic heterocycles.